The third-order valence-electron chi connectivity index (χ3n) is 6.31. The first-order valence-corrected chi connectivity index (χ1v) is 14.1. The van der Waals surface area contributed by atoms with E-state index in [0.717, 1.165) is 13.0 Å². The number of aryl methyl sites for hydroxylation is 2. The van der Waals surface area contributed by atoms with Crippen LogP contribution < -0.4 is 4.31 Å². The molecule has 0 atom stereocenters. The van der Waals surface area contributed by atoms with E-state index in [9.17, 15) is 16.8 Å². The summed E-state index contributed by atoms with van der Waals surface area (Å²) in [6.45, 7) is 7.02. The Hall–Kier alpha value is -1.94. The van der Waals surface area contributed by atoms with E-state index in [2.05, 4.69) is 17.0 Å². The topological polar surface area (TPSA) is 78.0 Å². The first-order chi connectivity index (χ1) is 15.2. The standard InChI is InChI=1S/C23H31N3O4S2/c1-19-17-23(20(2)16-22(19)26-10-6-7-15-31(26,27)28)32(29,30)25-13-11-24(12-14-25)18-21-8-4-3-5-9-21/h3-5,8-9,16-17H,6-7,10-15,18H2,1-2H3. The first kappa shape index (κ1) is 23.2. The Bertz CT molecular complexity index is 1170. The van der Waals surface area contributed by atoms with E-state index in [-0.39, 0.29) is 10.6 Å². The van der Waals surface area contributed by atoms with E-state index in [1.54, 1.807) is 30.3 Å². The molecule has 0 N–H and O–H groups in total. The minimum absolute atomic E-state index is 0.138. The molecule has 2 aliphatic rings. The molecule has 4 rings (SSSR count). The van der Waals surface area contributed by atoms with Gasteiger partial charge in [-0.25, -0.2) is 16.8 Å². The van der Waals surface area contributed by atoms with Crippen molar-refractivity contribution in [1.29, 1.82) is 0 Å². The zero-order chi connectivity index (χ0) is 22.9. The lowest BCUT2D eigenvalue weighted by Crippen LogP contribution is -2.48. The highest BCUT2D eigenvalue weighted by molar-refractivity contribution is 7.92. The second-order valence-corrected chi connectivity index (χ2v) is 12.6. The molecule has 0 bridgehead atoms. The molecule has 2 heterocycles. The van der Waals surface area contributed by atoms with Crippen molar-refractivity contribution < 1.29 is 16.8 Å². The van der Waals surface area contributed by atoms with Crippen LogP contribution in [0.1, 0.15) is 29.5 Å². The van der Waals surface area contributed by atoms with Crippen molar-refractivity contribution in [1.82, 2.24) is 9.21 Å². The summed E-state index contributed by atoms with van der Waals surface area (Å²) in [5.74, 6) is 0.138. The summed E-state index contributed by atoms with van der Waals surface area (Å²) in [4.78, 5) is 2.54. The van der Waals surface area contributed by atoms with Gasteiger partial charge in [-0.05, 0) is 55.5 Å². The number of rotatable bonds is 5. The number of hydrogen-bond donors (Lipinski definition) is 0. The molecule has 0 saturated carbocycles. The van der Waals surface area contributed by atoms with Gasteiger partial charge in [0.25, 0.3) is 0 Å². The lowest BCUT2D eigenvalue weighted by molar-refractivity contribution is 0.181. The summed E-state index contributed by atoms with van der Waals surface area (Å²) in [5, 5.41) is 0. The summed E-state index contributed by atoms with van der Waals surface area (Å²) in [5.41, 5.74) is 3.06. The summed E-state index contributed by atoms with van der Waals surface area (Å²) in [7, 11) is -7.00. The maximum absolute atomic E-state index is 13.4. The molecule has 2 fully saturated rings. The first-order valence-electron chi connectivity index (χ1n) is 11.1. The summed E-state index contributed by atoms with van der Waals surface area (Å²) in [6, 6.07) is 13.5. The van der Waals surface area contributed by atoms with Gasteiger partial charge in [-0.15, -0.1) is 0 Å². The number of benzene rings is 2. The van der Waals surface area contributed by atoms with E-state index in [0.29, 0.717) is 56.0 Å². The molecule has 0 radical (unpaired) electrons. The SMILES string of the molecule is Cc1cc(S(=O)(=O)N2CCN(Cc3ccccc3)CC2)c(C)cc1N1CCCCS1(=O)=O. The quantitative estimate of drug-likeness (QED) is 0.662. The molecule has 0 aromatic heterocycles. The van der Waals surface area contributed by atoms with Crippen LogP contribution in [0.4, 0.5) is 5.69 Å². The Morgan fingerprint density at radius 3 is 2.22 bits per heavy atom. The fraction of sp³-hybridized carbons (Fsp3) is 0.478. The van der Waals surface area contributed by atoms with Crippen molar-refractivity contribution in [2.45, 2.75) is 38.1 Å². The zero-order valence-corrected chi connectivity index (χ0v) is 20.3. The molecule has 174 valence electrons. The molecule has 0 spiro atoms. The Morgan fingerprint density at radius 1 is 0.875 bits per heavy atom. The molecule has 9 heteroatoms. The average Bonchev–Trinajstić information content (AvgIpc) is 2.76. The van der Waals surface area contributed by atoms with Gasteiger partial charge in [0.15, 0.2) is 0 Å². The number of anilines is 1. The highest BCUT2D eigenvalue weighted by atomic mass is 32.2. The maximum Gasteiger partial charge on any atom is 0.243 e. The molecule has 0 amide bonds. The second kappa shape index (κ2) is 9.13. The lowest BCUT2D eigenvalue weighted by Gasteiger charge is -2.34. The molecular weight excluding hydrogens is 446 g/mol. The van der Waals surface area contributed by atoms with Crippen molar-refractivity contribution in [3.05, 3.63) is 59.2 Å². The van der Waals surface area contributed by atoms with Gasteiger partial charge < -0.3 is 0 Å². The van der Waals surface area contributed by atoms with Gasteiger partial charge >= 0.3 is 0 Å². The molecule has 2 saturated heterocycles. The van der Waals surface area contributed by atoms with Gasteiger partial charge in [-0.2, -0.15) is 4.31 Å². The third kappa shape index (κ3) is 4.71. The van der Waals surface area contributed by atoms with E-state index in [1.807, 2.05) is 18.2 Å². The Balaban J connectivity index is 1.51. The molecule has 0 unspecified atom stereocenters. The molecule has 2 aliphatic heterocycles. The van der Waals surface area contributed by atoms with E-state index >= 15 is 0 Å². The normalized spacial score (nSPS) is 20.4. The molecule has 7 nitrogen and oxygen atoms in total. The van der Waals surface area contributed by atoms with Gasteiger partial charge in [0.2, 0.25) is 20.0 Å². The Labute approximate surface area is 191 Å². The van der Waals surface area contributed by atoms with Crippen LogP contribution >= 0.6 is 0 Å². The van der Waals surface area contributed by atoms with Crippen LogP contribution in [0.15, 0.2) is 47.4 Å². The van der Waals surface area contributed by atoms with Crippen LogP contribution in [-0.2, 0) is 26.6 Å². The van der Waals surface area contributed by atoms with E-state index in [1.165, 1.54) is 9.87 Å². The zero-order valence-electron chi connectivity index (χ0n) is 18.7. The second-order valence-electron chi connectivity index (χ2n) is 8.67. The number of nitrogens with zero attached hydrogens (tertiary/aromatic N) is 3. The molecule has 2 aromatic rings. The number of piperazine rings is 1. The average molecular weight is 478 g/mol. The van der Waals surface area contributed by atoms with Crippen molar-refractivity contribution in [2.75, 3.05) is 42.8 Å². The van der Waals surface area contributed by atoms with Crippen molar-refractivity contribution in [3.63, 3.8) is 0 Å². The summed E-state index contributed by atoms with van der Waals surface area (Å²) < 4.78 is 54.9. The van der Waals surface area contributed by atoms with Crippen LogP contribution in [0.5, 0.6) is 0 Å². The monoisotopic (exact) mass is 477 g/mol. The van der Waals surface area contributed by atoms with Crippen molar-refractivity contribution >= 4 is 25.7 Å². The largest absolute Gasteiger partial charge is 0.296 e. The highest BCUT2D eigenvalue weighted by Gasteiger charge is 2.32. The predicted octanol–water partition coefficient (Wildman–Crippen LogP) is 2.74. The van der Waals surface area contributed by atoms with Crippen molar-refractivity contribution in [2.24, 2.45) is 0 Å². The Morgan fingerprint density at radius 2 is 1.56 bits per heavy atom. The van der Waals surface area contributed by atoms with Gasteiger partial charge in [-0.3, -0.25) is 9.21 Å². The van der Waals surface area contributed by atoms with Crippen LogP contribution in [0.2, 0.25) is 0 Å². The third-order valence-corrected chi connectivity index (χ3v) is 10.2. The number of hydrogen-bond acceptors (Lipinski definition) is 5. The minimum atomic E-state index is -3.65. The molecule has 2 aromatic carbocycles. The molecule has 0 aliphatic carbocycles. The summed E-state index contributed by atoms with van der Waals surface area (Å²) in [6.07, 6.45) is 1.48. The fourth-order valence-corrected chi connectivity index (χ4v) is 7.90. The maximum atomic E-state index is 13.4. The van der Waals surface area contributed by atoms with E-state index < -0.39 is 20.0 Å². The predicted molar refractivity (Wildman–Crippen MR) is 127 cm³/mol. The van der Waals surface area contributed by atoms with Gasteiger partial charge in [0.1, 0.15) is 0 Å². The smallest absolute Gasteiger partial charge is 0.243 e. The van der Waals surface area contributed by atoms with Gasteiger partial charge in [-0.1, -0.05) is 30.3 Å². The Kier molecular flexibility index (Phi) is 6.63. The van der Waals surface area contributed by atoms with Gasteiger partial charge in [0, 0.05) is 39.3 Å². The molecular formula is C23H31N3O4S2. The lowest BCUT2D eigenvalue weighted by atomic mass is 10.1. The van der Waals surface area contributed by atoms with Gasteiger partial charge in [0.05, 0.1) is 16.3 Å². The highest BCUT2D eigenvalue weighted by Crippen LogP contribution is 2.32. The van der Waals surface area contributed by atoms with Crippen LogP contribution in [0.3, 0.4) is 0 Å². The minimum Gasteiger partial charge on any atom is -0.296 e. The number of sulfonamides is 2. The van der Waals surface area contributed by atoms with Crippen LogP contribution in [0, 0.1) is 13.8 Å². The van der Waals surface area contributed by atoms with Crippen LogP contribution in [-0.4, -0.2) is 64.5 Å². The fourth-order valence-electron chi connectivity index (χ4n) is 4.49. The van der Waals surface area contributed by atoms with Crippen LogP contribution in [0.25, 0.3) is 0 Å². The van der Waals surface area contributed by atoms with Crippen molar-refractivity contribution in [3.8, 4) is 0 Å². The summed E-state index contributed by atoms with van der Waals surface area (Å²) >= 11 is 0. The molecule has 32 heavy (non-hydrogen) atoms. The van der Waals surface area contributed by atoms with E-state index in [4.69, 9.17) is 0 Å².